The van der Waals surface area contributed by atoms with E-state index in [0.29, 0.717) is 12.8 Å². The van der Waals surface area contributed by atoms with Crippen molar-refractivity contribution in [2.75, 3.05) is 12.8 Å². The molecule has 0 saturated carbocycles. The van der Waals surface area contributed by atoms with E-state index in [4.69, 9.17) is 11.6 Å². The van der Waals surface area contributed by atoms with E-state index in [1.54, 1.807) is 10.4 Å². The summed E-state index contributed by atoms with van der Waals surface area (Å²) in [6.45, 7) is -0.392. The van der Waals surface area contributed by atoms with E-state index in [1.165, 1.54) is 24.5 Å². The molecule has 2 saturated heterocycles. The summed E-state index contributed by atoms with van der Waals surface area (Å²) in [5.41, 5.74) is 0. The summed E-state index contributed by atoms with van der Waals surface area (Å²) in [6.07, 6.45) is 3.85. The number of fused-ring (bicyclic) bond motifs is 2. The van der Waals surface area contributed by atoms with Gasteiger partial charge in [0.1, 0.15) is 0 Å². The monoisotopic (exact) mass is 435 g/mol. The minimum absolute atomic E-state index is 0.0118. The fourth-order valence-corrected chi connectivity index (χ4v) is 6.70. The topological polar surface area (TPSA) is 113 Å². The average molecular weight is 436 g/mol. The molecule has 150 valence electrons. The minimum Gasteiger partial charge on any atom is -0.352 e. The number of carbonyl (C=O) groups excluding carboxylic acids is 1. The van der Waals surface area contributed by atoms with Crippen molar-refractivity contribution in [1.29, 1.82) is 0 Å². The van der Waals surface area contributed by atoms with Gasteiger partial charge in [0.2, 0.25) is 26.0 Å². The molecule has 0 radical (unpaired) electrons. The number of sulfonamides is 2. The SMILES string of the molecule is CS(=O)(=O)N1C2CCC1CC(NC(=O)CNS(=O)(=O)c1cccc(Cl)c1)C2. The van der Waals surface area contributed by atoms with Crippen LogP contribution in [0.25, 0.3) is 0 Å². The van der Waals surface area contributed by atoms with Gasteiger partial charge < -0.3 is 5.32 Å². The van der Waals surface area contributed by atoms with Crippen molar-refractivity contribution in [2.45, 2.75) is 48.7 Å². The maximum atomic E-state index is 12.2. The molecule has 2 heterocycles. The minimum atomic E-state index is -3.84. The van der Waals surface area contributed by atoms with E-state index in [9.17, 15) is 21.6 Å². The van der Waals surface area contributed by atoms with Crippen LogP contribution in [-0.2, 0) is 24.8 Å². The van der Waals surface area contributed by atoms with Gasteiger partial charge in [0.25, 0.3) is 0 Å². The number of rotatable bonds is 6. The van der Waals surface area contributed by atoms with Gasteiger partial charge in [0.05, 0.1) is 17.7 Å². The molecule has 1 amide bonds. The van der Waals surface area contributed by atoms with Gasteiger partial charge in [-0.1, -0.05) is 17.7 Å². The van der Waals surface area contributed by atoms with Crippen molar-refractivity contribution in [1.82, 2.24) is 14.3 Å². The molecule has 27 heavy (non-hydrogen) atoms. The van der Waals surface area contributed by atoms with Crippen molar-refractivity contribution in [3.05, 3.63) is 29.3 Å². The molecule has 1 aromatic rings. The molecule has 2 aliphatic heterocycles. The van der Waals surface area contributed by atoms with Gasteiger partial charge in [-0.05, 0) is 43.9 Å². The molecule has 2 N–H and O–H groups in total. The molecule has 3 rings (SSSR count). The van der Waals surface area contributed by atoms with Crippen LogP contribution in [0.15, 0.2) is 29.2 Å². The lowest BCUT2D eigenvalue weighted by molar-refractivity contribution is -0.121. The zero-order valence-corrected chi connectivity index (χ0v) is 17.1. The molecule has 8 nitrogen and oxygen atoms in total. The largest absolute Gasteiger partial charge is 0.352 e. The number of nitrogens with zero attached hydrogens (tertiary/aromatic N) is 1. The molecule has 11 heteroatoms. The summed E-state index contributed by atoms with van der Waals surface area (Å²) < 4.78 is 52.1. The molecule has 2 fully saturated rings. The first-order valence-corrected chi connectivity index (χ1v) is 12.3. The summed E-state index contributed by atoms with van der Waals surface area (Å²) in [5.74, 6) is -0.446. The van der Waals surface area contributed by atoms with Gasteiger partial charge in [0.15, 0.2) is 0 Å². The Morgan fingerprint density at radius 3 is 2.37 bits per heavy atom. The van der Waals surface area contributed by atoms with E-state index in [1.807, 2.05) is 0 Å². The standard InChI is InChI=1S/C16H22ClN3O5S2/c1-26(22,23)20-13-5-6-14(20)9-12(8-13)19-16(21)10-18-27(24,25)15-4-2-3-11(17)7-15/h2-4,7,12-14,18H,5-6,8-10H2,1H3,(H,19,21). The summed E-state index contributed by atoms with van der Waals surface area (Å²) >= 11 is 5.80. The zero-order chi connectivity index (χ0) is 19.8. The van der Waals surface area contributed by atoms with Crippen LogP contribution in [0.2, 0.25) is 5.02 Å². The third-order valence-electron chi connectivity index (χ3n) is 4.94. The van der Waals surface area contributed by atoms with E-state index >= 15 is 0 Å². The molecule has 1 aromatic carbocycles. The number of amides is 1. The molecular weight excluding hydrogens is 414 g/mol. The second-order valence-corrected chi connectivity index (χ2v) is 11.1. The highest BCUT2D eigenvalue weighted by atomic mass is 35.5. The van der Waals surface area contributed by atoms with Gasteiger partial charge >= 0.3 is 0 Å². The highest BCUT2D eigenvalue weighted by Gasteiger charge is 2.45. The number of halogens is 1. The number of nitrogens with one attached hydrogen (secondary N) is 2. The Hall–Kier alpha value is -1.20. The van der Waals surface area contributed by atoms with E-state index < -0.39 is 32.5 Å². The molecule has 0 aliphatic carbocycles. The van der Waals surface area contributed by atoms with Crippen LogP contribution in [0.1, 0.15) is 25.7 Å². The Morgan fingerprint density at radius 2 is 1.81 bits per heavy atom. The number of carbonyl (C=O) groups is 1. The number of hydrogen-bond acceptors (Lipinski definition) is 5. The van der Waals surface area contributed by atoms with Gasteiger partial charge in [-0.15, -0.1) is 0 Å². The van der Waals surface area contributed by atoms with E-state index in [-0.39, 0.29) is 28.0 Å². The molecule has 2 unspecified atom stereocenters. The molecule has 2 bridgehead atoms. The number of piperidine rings is 1. The first kappa shape index (κ1) is 20.5. The lowest BCUT2D eigenvalue weighted by Gasteiger charge is -2.37. The van der Waals surface area contributed by atoms with Crippen LogP contribution in [0.4, 0.5) is 0 Å². The van der Waals surface area contributed by atoms with E-state index in [2.05, 4.69) is 10.0 Å². The Bertz CT molecular complexity index is 921. The van der Waals surface area contributed by atoms with Crippen LogP contribution >= 0.6 is 11.6 Å². The molecule has 2 atom stereocenters. The lowest BCUT2D eigenvalue weighted by atomic mass is 10.00. The maximum absolute atomic E-state index is 12.2. The molecule has 0 aromatic heterocycles. The predicted octanol–water partition coefficient (Wildman–Crippen LogP) is 0.690. The molecule has 2 aliphatic rings. The van der Waals surface area contributed by atoms with Crippen LogP contribution in [-0.4, -0.2) is 58.0 Å². The summed E-state index contributed by atoms with van der Waals surface area (Å²) in [4.78, 5) is 12.2. The normalized spacial score (nSPS) is 26.1. The van der Waals surface area contributed by atoms with Crippen molar-refractivity contribution in [3.63, 3.8) is 0 Å². The third kappa shape index (κ3) is 4.80. The smallest absolute Gasteiger partial charge is 0.241 e. The Balaban J connectivity index is 1.55. The Morgan fingerprint density at radius 1 is 1.19 bits per heavy atom. The maximum Gasteiger partial charge on any atom is 0.241 e. The predicted molar refractivity (Wildman–Crippen MR) is 101 cm³/mol. The lowest BCUT2D eigenvalue weighted by Crippen LogP contribution is -2.53. The first-order chi connectivity index (χ1) is 12.6. The highest BCUT2D eigenvalue weighted by Crippen LogP contribution is 2.37. The summed E-state index contributed by atoms with van der Waals surface area (Å²) in [6, 6.07) is 5.40. The first-order valence-electron chi connectivity index (χ1n) is 8.59. The average Bonchev–Trinajstić information content (AvgIpc) is 2.86. The highest BCUT2D eigenvalue weighted by molar-refractivity contribution is 7.89. The Labute approximate surface area is 164 Å². The van der Waals surface area contributed by atoms with Crippen LogP contribution < -0.4 is 10.0 Å². The fraction of sp³-hybridized carbons (Fsp3) is 0.562. The summed E-state index contributed by atoms with van der Waals surface area (Å²) in [7, 11) is -7.10. The van der Waals surface area contributed by atoms with E-state index in [0.717, 1.165) is 12.8 Å². The van der Waals surface area contributed by atoms with Gasteiger partial charge in [-0.25, -0.2) is 21.6 Å². The number of benzene rings is 1. The third-order valence-corrected chi connectivity index (χ3v) is 7.94. The van der Waals surface area contributed by atoms with Crippen molar-refractivity contribution in [3.8, 4) is 0 Å². The van der Waals surface area contributed by atoms with Crippen LogP contribution in [0.3, 0.4) is 0 Å². The molecule has 0 spiro atoms. The summed E-state index contributed by atoms with van der Waals surface area (Å²) in [5, 5.41) is 3.10. The van der Waals surface area contributed by atoms with Gasteiger partial charge in [-0.2, -0.15) is 4.31 Å². The quantitative estimate of drug-likeness (QED) is 0.682. The van der Waals surface area contributed by atoms with Crippen LogP contribution in [0, 0.1) is 0 Å². The molecular formula is C16H22ClN3O5S2. The van der Waals surface area contributed by atoms with Gasteiger partial charge in [0, 0.05) is 23.1 Å². The van der Waals surface area contributed by atoms with Crippen LogP contribution in [0.5, 0.6) is 0 Å². The van der Waals surface area contributed by atoms with Gasteiger partial charge in [-0.3, -0.25) is 4.79 Å². The van der Waals surface area contributed by atoms with Crippen molar-refractivity contribution in [2.24, 2.45) is 0 Å². The zero-order valence-electron chi connectivity index (χ0n) is 14.8. The second kappa shape index (κ2) is 7.67. The number of hydrogen-bond donors (Lipinski definition) is 2. The van der Waals surface area contributed by atoms with Crippen molar-refractivity contribution < 1.29 is 21.6 Å². The van der Waals surface area contributed by atoms with Crippen molar-refractivity contribution >= 4 is 37.6 Å². The Kier molecular flexibility index (Phi) is 5.83. The fourth-order valence-electron chi connectivity index (χ4n) is 3.95. The second-order valence-electron chi connectivity index (χ2n) is 7.00.